The van der Waals surface area contributed by atoms with Crippen LogP contribution in [-0.4, -0.2) is 18.1 Å². The molecule has 0 radical (unpaired) electrons. The van der Waals surface area contributed by atoms with Gasteiger partial charge in [-0.3, -0.25) is 9.59 Å². The van der Waals surface area contributed by atoms with E-state index in [-0.39, 0.29) is 5.91 Å². The van der Waals surface area contributed by atoms with Crippen molar-refractivity contribution in [1.82, 2.24) is 5.32 Å². The molecule has 0 aromatic heterocycles. The molecule has 0 heterocycles. The van der Waals surface area contributed by atoms with E-state index in [1.165, 1.54) is 13.0 Å². The Morgan fingerprint density at radius 3 is 2.26 bits per heavy atom. The van der Waals surface area contributed by atoms with Crippen LogP contribution in [0, 0.1) is 0 Å². The predicted octanol–water partition coefficient (Wildman–Crippen LogP) is 2.95. The number of amides is 1. The van der Waals surface area contributed by atoms with E-state index in [1.807, 2.05) is 60.7 Å². The number of carbonyl (C=O) groups excluding carboxylic acids is 2. The third-order valence-corrected chi connectivity index (χ3v) is 3.10. The van der Waals surface area contributed by atoms with Crippen molar-refractivity contribution >= 4 is 18.0 Å². The van der Waals surface area contributed by atoms with Crippen molar-refractivity contribution in [3.8, 4) is 0 Å². The summed E-state index contributed by atoms with van der Waals surface area (Å²) < 4.78 is 5.17. The van der Waals surface area contributed by atoms with Crippen molar-refractivity contribution in [2.45, 2.75) is 19.6 Å². The molecule has 118 valence electrons. The molecular weight excluding hydrogens is 290 g/mol. The summed E-state index contributed by atoms with van der Waals surface area (Å²) in [5, 5.41) is 2.70. The van der Waals surface area contributed by atoms with Crippen LogP contribution in [0.4, 0.5) is 0 Å². The first-order chi connectivity index (χ1) is 11.1. The Morgan fingerprint density at radius 2 is 1.65 bits per heavy atom. The monoisotopic (exact) mass is 309 g/mol. The molecule has 0 spiro atoms. The number of benzene rings is 2. The number of hydrogen-bond acceptors (Lipinski definition) is 3. The number of ether oxygens (including phenoxy) is 1. The summed E-state index contributed by atoms with van der Waals surface area (Å²) >= 11 is 0. The first-order valence-corrected chi connectivity index (χ1v) is 7.38. The van der Waals surface area contributed by atoms with E-state index < -0.39 is 12.2 Å². The van der Waals surface area contributed by atoms with Gasteiger partial charge in [-0.15, -0.1) is 0 Å². The molecule has 2 aromatic rings. The molecule has 0 bridgehead atoms. The molecule has 1 amide bonds. The quantitative estimate of drug-likeness (QED) is 0.507. The minimum Gasteiger partial charge on any atom is -0.442 e. The maximum atomic E-state index is 12.0. The average Bonchev–Trinajstić information content (AvgIpc) is 2.54. The lowest BCUT2D eigenvalue weighted by Gasteiger charge is -2.17. The Bertz CT molecular complexity index is 666. The zero-order chi connectivity index (χ0) is 16.5. The lowest BCUT2D eigenvalue weighted by molar-refractivity contribution is -0.148. The Labute approximate surface area is 135 Å². The van der Waals surface area contributed by atoms with Crippen LogP contribution in [-0.2, 0) is 20.7 Å². The minimum atomic E-state index is -0.692. The molecule has 0 saturated carbocycles. The third-order valence-electron chi connectivity index (χ3n) is 3.10. The smallest absolute Gasteiger partial charge is 0.304 e. The molecule has 0 aliphatic heterocycles. The lowest BCUT2D eigenvalue weighted by atomic mass is 10.1. The SMILES string of the molecule is CC(=O)O[C@H](Cc1ccccc1)NC(=O)/C=C/c1ccccc1. The van der Waals surface area contributed by atoms with Crippen LogP contribution in [0.15, 0.2) is 66.7 Å². The van der Waals surface area contributed by atoms with Gasteiger partial charge in [-0.05, 0) is 17.2 Å². The third kappa shape index (κ3) is 6.18. The van der Waals surface area contributed by atoms with Gasteiger partial charge >= 0.3 is 5.97 Å². The van der Waals surface area contributed by atoms with Crippen LogP contribution < -0.4 is 5.32 Å². The van der Waals surface area contributed by atoms with Gasteiger partial charge in [0.05, 0.1) is 0 Å². The normalized spacial score (nSPS) is 11.9. The fraction of sp³-hybridized carbons (Fsp3) is 0.158. The van der Waals surface area contributed by atoms with Gasteiger partial charge in [-0.25, -0.2) is 0 Å². The van der Waals surface area contributed by atoms with Crippen LogP contribution in [0.5, 0.6) is 0 Å². The molecule has 0 unspecified atom stereocenters. The predicted molar refractivity (Wildman–Crippen MR) is 89.3 cm³/mol. The van der Waals surface area contributed by atoms with Gasteiger partial charge in [-0.1, -0.05) is 60.7 Å². The van der Waals surface area contributed by atoms with E-state index in [4.69, 9.17) is 4.74 Å². The Kier molecular flexibility index (Phi) is 6.12. The Hall–Kier alpha value is -2.88. The Balaban J connectivity index is 1.98. The zero-order valence-electron chi connectivity index (χ0n) is 12.9. The fourth-order valence-corrected chi connectivity index (χ4v) is 2.09. The van der Waals surface area contributed by atoms with Gasteiger partial charge in [0.1, 0.15) is 0 Å². The van der Waals surface area contributed by atoms with Crippen LogP contribution in [0.3, 0.4) is 0 Å². The summed E-state index contributed by atoms with van der Waals surface area (Å²) in [4.78, 5) is 23.2. The summed E-state index contributed by atoms with van der Waals surface area (Å²) in [5.74, 6) is -0.741. The molecule has 1 N–H and O–H groups in total. The molecule has 0 fully saturated rings. The van der Waals surface area contributed by atoms with Gasteiger partial charge in [0, 0.05) is 19.4 Å². The Morgan fingerprint density at radius 1 is 1.04 bits per heavy atom. The van der Waals surface area contributed by atoms with Gasteiger partial charge in [0.2, 0.25) is 5.91 Å². The molecule has 0 aliphatic carbocycles. The first-order valence-electron chi connectivity index (χ1n) is 7.38. The van der Waals surface area contributed by atoms with Crippen LogP contribution in [0.2, 0.25) is 0 Å². The molecule has 4 heteroatoms. The van der Waals surface area contributed by atoms with E-state index in [1.54, 1.807) is 6.08 Å². The van der Waals surface area contributed by atoms with Crippen molar-refractivity contribution in [1.29, 1.82) is 0 Å². The van der Waals surface area contributed by atoms with E-state index >= 15 is 0 Å². The largest absolute Gasteiger partial charge is 0.442 e. The second-order valence-corrected chi connectivity index (χ2v) is 5.04. The lowest BCUT2D eigenvalue weighted by Crippen LogP contribution is -2.38. The average molecular weight is 309 g/mol. The molecule has 0 saturated heterocycles. The van der Waals surface area contributed by atoms with Crippen molar-refractivity contribution in [3.63, 3.8) is 0 Å². The molecular formula is C19H19NO3. The van der Waals surface area contributed by atoms with E-state index in [2.05, 4.69) is 5.32 Å². The van der Waals surface area contributed by atoms with Gasteiger partial charge in [-0.2, -0.15) is 0 Å². The van der Waals surface area contributed by atoms with Gasteiger partial charge < -0.3 is 10.1 Å². The van der Waals surface area contributed by atoms with Gasteiger partial charge in [0.15, 0.2) is 6.23 Å². The summed E-state index contributed by atoms with van der Waals surface area (Å²) in [6, 6.07) is 19.1. The highest BCUT2D eigenvalue weighted by molar-refractivity contribution is 5.91. The number of carbonyl (C=O) groups is 2. The number of hydrogen-bond donors (Lipinski definition) is 1. The van der Waals surface area contributed by atoms with Gasteiger partial charge in [0.25, 0.3) is 0 Å². The van der Waals surface area contributed by atoms with Crippen molar-refractivity contribution in [2.24, 2.45) is 0 Å². The summed E-state index contributed by atoms with van der Waals surface area (Å²) in [6.07, 6.45) is 2.87. The van der Waals surface area contributed by atoms with Crippen LogP contribution in [0.25, 0.3) is 6.08 Å². The molecule has 2 rings (SSSR count). The molecule has 0 aliphatic rings. The highest BCUT2D eigenvalue weighted by Gasteiger charge is 2.14. The topological polar surface area (TPSA) is 55.4 Å². The first kappa shape index (κ1) is 16.5. The van der Waals surface area contributed by atoms with Crippen LogP contribution >= 0.6 is 0 Å². The number of esters is 1. The maximum Gasteiger partial charge on any atom is 0.304 e. The second kappa shape index (κ2) is 8.54. The number of nitrogens with one attached hydrogen (secondary N) is 1. The molecule has 23 heavy (non-hydrogen) atoms. The molecule has 1 atom stereocenters. The van der Waals surface area contributed by atoms with Crippen LogP contribution in [0.1, 0.15) is 18.1 Å². The highest BCUT2D eigenvalue weighted by atomic mass is 16.6. The van der Waals surface area contributed by atoms with E-state index in [0.29, 0.717) is 6.42 Å². The van der Waals surface area contributed by atoms with E-state index in [0.717, 1.165) is 11.1 Å². The van der Waals surface area contributed by atoms with Crippen molar-refractivity contribution < 1.29 is 14.3 Å². The highest BCUT2D eigenvalue weighted by Crippen LogP contribution is 2.05. The van der Waals surface area contributed by atoms with Crippen molar-refractivity contribution in [3.05, 3.63) is 77.9 Å². The maximum absolute atomic E-state index is 12.0. The van der Waals surface area contributed by atoms with E-state index in [9.17, 15) is 9.59 Å². The number of rotatable bonds is 6. The van der Waals surface area contributed by atoms with Crippen molar-refractivity contribution in [2.75, 3.05) is 0 Å². The minimum absolute atomic E-state index is 0.309. The molecule has 2 aromatic carbocycles. The standard InChI is InChI=1S/C19H19NO3/c1-15(21)23-19(14-17-10-6-3-7-11-17)20-18(22)13-12-16-8-4-2-5-9-16/h2-13,19H,14H2,1H3,(H,20,22)/b13-12+/t19-/m1/s1. The summed E-state index contributed by atoms with van der Waals surface area (Å²) in [6.45, 7) is 1.32. The summed E-state index contributed by atoms with van der Waals surface area (Å²) in [7, 11) is 0. The second-order valence-electron chi connectivity index (χ2n) is 5.04. The molecule has 4 nitrogen and oxygen atoms in total. The zero-order valence-corrected chi connectivity index (χ0v) is 12.9. The summed E-state index contributed by atoms with van der Waals surface area (Å²) in [5.41, 5.74) is 1.90. The fourth-order valence-electron chi connectivity index (χ4n) is 2.09.